The minimum atomic E-state index is -0.162. The van der Waals surface area contributed by atoms with Gasteiger partial charge in [-0.15, -0.1) is 10.2 Å². The molecule has 0 aliphatic rings. The molecule has 0 fully saturated rings. The maximum atomic E-state index is 9.56. The van der Waals surface area contributed by atoms with Gasteiger partial charge in [-0.05, 0) is 18.2 Å². The first-order valence-corrected chi connectivity index (χ1v) is 6.93. The predicted octanol–water partition coefficient (Wildman–Crippen LogP) is 2.56. The van der Waals surface area contributed by atoms with E-state index in [1.165, 1.54) is 23.5 Å². The van der Waals surface area contributed by atoms with Crippen molar-refractivity contribution in [2.24, 2.45) is 0 Å². The first kappa shape index (κ1) is 12.9. The van der Waals surface area contributed by atoms with Gasteiger partial charge in [0, 0.05) is 11.0 Å². The molecule has 7 heteroatoms. The lowest BCUT2D eigenvalue weighted by molar-refractivity contribution is 0.404. The Kier molecular flexibility index (Phi) is 2.68. The van der Waals surface area contributed by atoms with Gasteiger partial charge >= 0.3 is 0 Å². The first-order chi connectivity index (χ1) is 9.36. The predicted molar refractivity (Wildman–Crippen MR) is 76.1 cm³/mol. The third-order valence-corrected chi connectivity index (χ3v) is 3.83. The monoisotopic (exact) mass is 290 g/mol. The van der Waals surface area contributed by atoms with E-state index in [9.17, 15) is 10.2 Å². The van der Waals surface area contributed by atoms with Crippen LogP contribution in [0.3, 0.4) is 0 Å². The van der Waals surface area contributed by atoms with Gasteiger partial charge in [0.15, 0.2) is 17.3 Å². The maximum Gasteiger partial charge on any atom is 0.235 e. The topological polar surface area (TPSA) is 83.5 Å². The number of nitrogens with zero attached hydrogens (tertiary/aromatic N) is 4. The minimum absolute atomic E-state index is 0.146. The zero-order chi connectivity index (χ0) is 14.5. The van der Waals surface area contributed by atoms with Crippen molar-refractivity contribution in [3.05, 3.63) is 24.0 Å². The molecule has 0 bridgehead atoms. The Balaban J connectivity index is 2.14. The number of aromatic nitrogens is 4. The average Bonchev–Trinajstić information content (AvgIpc) is 2.90. The van der Waals surface area contributed by atoms with Crippen LogP contribution in [0.2, 0.25) is 0 Å². The molecule has 0 unspecified atom stereocenters. The van der Waals surface area contributed by atoms with Crippen molar-refractivity contribution in [1.82, 2.24) is 19.8 Å². The van der Waals surface area contributed by atoms with Crippen LogP contribution in [0.25, 0.3) is 15.5 Å². The summed E-state index contributed by atoms with van der Waals surface area (Å²) < 4.78 is 1.73. The fraction of sp³-hybridized carbons (Fsp3) is 0.308. The quantitative estimate of drug-likeness (QED) is 0.673. The summed E-state index contributed by atoms with van der Waals surface area (Å²) in [5.41, 5.74) is 0.581. The summed E-state index contributed by atoms with van der Waals surface area (Å²) in [4.78, 5) is 0.706. The van der Waals surface area contributed by atoms with Crippen molar-refractivity contribution in [3.8, 4) is 22.1 Å². The molecule has 0 aliphatic heterocycles. The molecule has 0 spiro atoms. The molecule has 104 valence electrons. The van der Waals surface area contributed by atoms with Crippen LogP contribution in [0.4, 0.5) is 0 Å². The van der Waals surface area contributed by atoms with Crippen molar-refractivity contribution >= 4 is 16.3 Å². The molecular weight excluding hydrogens is 276 g/mol. The van der Waals surface area contributed by atoms with E-state index in [2.05, 4.69) is 36.1 Å². The molecule has 0 amide bonds. The van der Waals surface area contributed by atoms with Gasteiger partial charge in [-0.2, -0.15) is 9.61 Å². The lowest BCUT2D eigenvalue weighted by Crippen LogP contribution is -2.16. The van der Waals surface area contributed by atoms with Crippen LogP contribution >= 0.6 is 11.3 Å². The van der Waals surface area contributed by atoms with E-state index in [0.29, 0.717) is 4.96 Å². The molecule has 0 saturated heterocycles. The molecule has 20 heavy (non-hydrogen) atoms. The molecule has 6 nitrogen and oxygen atoms in total. The van der Waals surface area contributed by atoms with Gasteiger partial charge < -0.3 is 10.2 Å². The summed E-state index contributed by atoms with van der Waals surface area (Å²) in [5.74, 6) is 0.481. The fourth-order valence-electron chi connectivity index (χ4n) is 1.86. The first-order valence-electron chi connectivity index (χ1n) is 6.11. The normalized spacial score (nSPS) is 12.2. The van der Waals surface area contributed by atoms with Gasteiger partial charge in [-0.3, -0.25) is 0 Å². The number of fused-ring (bicyclic) bond motifs is 1. The van der Waals surface area contributed by atoms with Crippen LogP contribution in [0, 0.1) is 0 Å². The Morgan fingerprint density at radius 3 is 2.50 bits per heavy atom. The summed E-state index contributed by atoms with van der Waals surface area (Å²) in [6.07, 6.45) is 0. The molecule has 2 heterocycles. The van der Waals surface area contributed by atoms with Crippen molar-refractivity contribution in [3.63, 3.8) is 0 Å². The van der Waals surface area contributed by atoms with Crippen LogP contribution in [0.5, 0.6) is 11.5 Å². The summed E-state index contributed by atoms with van der Waals surface area (Å²) in [6.45, 7) is 6.15. The van der Waals surface area contributed by atoms with Gasteiger partial charge in [0.1, 0.15) is 5.01 Å². The molecule has 3 aromatic rings. The van der Waals surface area contributed by atoms with Gasteiger partial charge in [0.25, 0.3) is 0 Å². The lowest BCUT2D eigenvalue weighted by atomic mass is 9.96. The van der Waals surface area contributed by atoms with Gasteiger partial charge in [-0.1, -0.05) is 32.1 Å². The van der Waals surface area contributed by atoms with Crippen LogP contribution in [-0.2, 0) is 5.41 Å². The summed E-state index contributed by atoms with van der Waals surface area (Å²) in [5, 5.41) is 32.4. The van der Waals surface area contributed by atoms with Crippen molar-refractivity contribution < 1.29 is 10.2 Å². The van der Waals surface area contributed by atoms with Crippen LogP contribution < -0.4 is 0 Å². The SMILES string of the molecule is CC(C)(C)c1nnc2sc(-c3ccc(O)c(O)c3)nn12. The van der Waals surface area contributed by atoms with Crippen LogP contribution in [0.15, 0.2) is 18.2 Å². The largest absolute Gasteiger partial charge is 0.504 e. The van der Waals surface area contributed by atoms with Crippen molar-refractivity contribution in [2.45, 2.75) is 26.2 Å². The number of rotatable bonds is 1. The van der Waals surface area contributed by atoms with E-state index >= 15 is 0 Å². The molecule has 0 saturated carbocycles. The summed E-state index contributed by atoms with van der Waals surface area (Å²) in [6, 6.07) is 4.63. The minimum Gasteiger partial charge on any atom is -0.504 e. The Hall–Kier alpha value is -2.15. The zero-order valence-electron chi connectivity index (χ0n) is 11.3. The number of aromatic hydroxyl groups is 2. The van der Waals surface area contributed by atoms with Gasteiger partial charge in [0.2, 0.25) is 4.96 Å². The van der Waals surface area contributed by atoms with E-state index in [0.717, 1.165) is 16.4 Å². The van der Waals surface area contributed by atoms with Gasteiger partial charge in [0.05, 0.1) is 0 Å². The molecule has 0 radical (unpaired) electrons. The highest BCUT2D eigenvalue weighted by Gasteiger charge is 2.23. The average molecular weight is 290 g/mol. The van der Waals surface area contributed by atoms with Crippen molar-refractivity contribution in [2.75, 3.05) is 0 Å². The second-order valence-electron chi connectivity index (χ2n) is 5.58. The smallest absolute Gasteiger partial charge is 0.235 e. The Labute approximate surface area is 119 Å². The number of phenolic OH excluding ortho intramolecular Hbond substituents is 2. The Morgan fingerprint density at radius 1 is 1.10 bits per heavy atom. The third-order valence-electron chi connectivity index (χ3n) is 2.88. The maximum absolute atomic E-state index is 9.56. The van der Waals surface area contributed by atoms with Crippen LogP contribution in [-0.4, -0.2) is 30.0 Å². The molecule has 1 aromatic carbocycles. The second-order valence-corrected chi connectivity index (χ2v) is 6.53. The van der Waals surface area contributed by atoms with E-state index in [4.69, 9.17) is 0 Å². The highest BCUT2D eigenvalue weighted by molar-refractivity contribution is 7.19. The second kappa shape index (κ2) is 4.17. The van der Waals surface area contributed by atoms with Crippen LogP contribution in [0.1, 0.15) is 26.6 Å². The highest BCUT2D eigenvalue weighted by atomic mass is 32.1. The highest BCUT2D eigenvalue weighted by Crippen LogP contribution is 2.33. The Morgan fingerprint density at radius 2 is 1.85 bits per heavy atom. The summed E-state index contributed by atoms with van der Waals surface area (Å²) >= 11 is 1.39. The number of hydrogen-bond acceptors (Lipinski definition) is 6. The molecular formula is C13H14N4O2S. The molecule has 2 aromatic heterocycles. The van der Waals surface area contributed by atoms with Gasteiger partial charge in [-0.25, -0.2) is 0 Å². The summed E-state index contributed by atoms with van der Waals surface area (Å²) in [7, 11) is 0. The molecule has 3 rings (SSSR count). The molecule has 2 N–H and O–H groups in total. The fourth-order valence-corrected chi connectivity index (χ4v) is 2.69. The molecule has 0 atom stereocenters. The molecule has 0 aliphatic carbocycles. The van der Waals surface area contributed by atoms with E-state index in [1.54, 1.807) is 10.6 Å². The lowest BCUT2D eigenvalue weighted by Gasteiger charge is -2.13. The van der Waals surface area contributed by atoms with Crippen molar-refractivity contribution in [1.29, 1.82) is 0 Å². The van der Waals surface area contributed by atoms with E-state index in [-0.39, 0.29) is 16.9 Å². The standard InChI is InChI=1S/C13H14N4O2S/c1-13(2,3)11-14-15-12-17(11)16-10(20-12)7-4-5-8(18)9(19)6-7/h4-6,18-19H,1-3H3. The van der Waals surface area contributed by atoms with E-state index < -0.39 is 0 Å². The number of hydrogen-bond donors (Lipinski definition) is 2. The zero-order valence-corrected chi connectivity index (χ0v) is 12.1. The van der Waals surface area contributed by atoms with E-state index in [1.807, 2.05) is 0 Å². The Bertz CT molecular complexity index is 785. The number of benzene rings is 1. The third kappa shape index (κ3) is 2.00. The number of phenols is 2.